The van der Waals surface area contributed by atoms with E-state index < -0.39 is 0 Å². The third-order valence-electron chi connectivity index (χ3n) is 3.60. The summed E-state index contributed by atoms with van der Waals surface area (Å²) in [5.41, 5.74) is 0.416. The van der Waals surface area contributed by atoms with Crippen LogP contribution in [-0.4, -0.2) is 23.0 Å². The van der Waals surface area contributed by atoms with Gasteiger partial charge in [-0.1, -0.05) is 44.9 Å². The molecule has 3 heteroatoms. The first kappa shape index (κ1) is 12.3. The average molecular weight is 240 g/mol. The van der Waals surface area contributed by atoms with Gasteiger partial charge in [0.05, 0.1) is 0 Å². The van der Waals surface area contributed by atoms with Gasteiger partial charge in [-0.15, -0.1) is 0 Å². The van der Waals surface area contributed by atoms with Crippen molar-refractivity contribution in [3.63, 3.8) is 0 Å². The predicted molar refractivity (Wildman–Crippen MR) is 73.2 cm³/mol. The summed E-state index contributed by atoms with van der Waals surface area (Å²) >= 11 is 1.91. The molecule has 1 saturated carbocycles. The monoisotopic (exact) mass is 240 g/mol. The molecule has 0 aromatic carbocycles. The molecule has 1 aliphatic carbocycles. The summed E-state index contributed by atoms with van der Waals surface area (Å²) in [5.74, 6) is 1.92. The van der Waals surface area contributed by atoms with Crippen molar-refractivity contribution >= 4 is 16.9 Å². The van der Waals surface area contributed by atoms with Crippen LogP contribution in [0.4, 0.5) is 0 Å². The van der Waals surface area contributed by atoms with E-state index in [4.69, 9.17) is 4.99 Å². The fraction of sp³-hybridized carbons (Fsp3) is 0.923. The van der Waals surface area contributed by atoms with Gasteiger partial charge in [0.25, 0.3) is 0 Å². The van der Waals surface area contributed by atoms with Crippen molar-refractivity contribution in [2.45, 2.75) is 57.9 Å². The highest BCUT2D eigenvalue weighted by atomic mass is 32.2. The van der Waals surface area contributed by atoms with Crippen molar-refractivity contribution in [1.29, 1.82) is 0 Å². The molecule has 1 aliphatic heterocycles. The molecule has 2 fully saturated rings. The number of hydrogen-bond donors (Lipinski definition) is 1. The van der Waals surface area contributed by atoms with Crippen LogP contribution in [0.15, 0.2) is 4.99 Å². The Labute approximate surface area is 104 Å². The van der Waals surface area contributed by atoms with E-state index in [9.17, 15) is 0 Å². The molecule has 0 radical (unpaired) electrons. The lowest BCUT2D eigenvalue weighted by atomic mass is 9.80. The Kier molecular flexibility index (Phi) is 4.17. The van der Waals surface area contributed by atoms with Crippen LogP contribution in [-0.2, 0) is 0 Å². The van der Waals surface area contributed by atoms with Crippen LogP contribution in [0.2, 0.25) is 0 Å². The van der Waals surface area contributed by atoms with Gasteiger partial charge in [0, 0.05) is 17.8 Å². The third kappa shape index (κ3) is 3.16. The molecule has 1 spiro atoms. The summed E-state index contributed by atoms with van der Waals surface area (Å²) in [5, 5.41) is 4.95. The van der Waals surface area contributed by atoms with Gasteiger partial charge in [0.2, 0.25) is 0 Å². The highest BCUT2D eigenvalue weighted by Gasteiger charge is 2.35. The lowest BCUT2D eigenvalue weighted by Gasteiger charge is -2.42. The Balaban J connectivity index is 1.95. The minimum Gasteiger partial charge on any atom is -0.359 e. The molecule has 0 amide bonds. The minimum atomic E-state index is 0.416. The van der Waals surface area contributed by atoms with E-state index in [0.29, 0.717) is 11.5 Å². The molecule has 2 nitrogen and oxygen atoms in total. The summed E-state index contributed by atoms with van der Waals surface area (Å²) in [7, 11) is 0. The van der Waals surface area contributed by atoms with Gasteiger partial charge >= 0.3 is 0 Å². The predicted octanol–water partition coefficient (Wildman–Crippen LogP) is 3.43. The number of nitrogens with one attached hydrogen (secondary N) is 1. The minimum absolute atomic E-state index is 0.416. The van der Waals surface area contributed by atoms with Crippen molar-refractivity contribution in [3.8, 4) is 0 Å². The molecule has 16 heavy (non-hydrogen) atoms. The summed E-state index contributed by atoms with van der Waals surface area (Å²) in [6, 6.07) is 0. The maximum atomic E-state index is 4.70. The maximum absolute atomic E-state index is 4.70. The van der Waals surface area contributed by atoms with E-state index in [1.807, 2.05) is 11.8 Å². The van der Waals surface area contributed by atoms with Gasteiger partial charge in [0.15, 0.2) is 5.17 Å². The van der Waals surface area contributed by atoms with Crippen LogP contribution in [0.3, 0.4) is 0 Å². The number of rotatable bonds is 2. The quantitative estimate of drug-likeness (QED) is 0.799. The molecular weight excluding hydrogens is 216 g/mol. The zero-order valence-electron chi connectivity index (χ0n) is 10.6. The average Bonchev–Trinajstić information content (AvgIpc) is 2.28. The van der Waals surface area contributed by atoms with E-state index in [2.05, 4.69) is 19.2 Å². The van der Waals surface area contributed by atoms with Crippen molar-refractivity contribution in [2.24, 2.45) is 10.9 Å². The molecule has 0 bridgehead atoms. The Hall–Kier alpha value is -0.180. The highest BCUT2D eigenvalue weighted by Crippen LogP contribution is 2.35. The molecule has 0 aromatic rings. The van der Waals surface area contributed by atoms with Gasteiger partial charge in [-0.05, 0) is 25.2 Å². The van der Waals surface area contributed by atoms with Crippen molar-refractivity contribution in [1.82, 2.24) is 5.32 Å². The summed E-state index contributed by atoms with van der Waals surface area (Å²) in [4.78, 5) is 4.70. The zero-order chi connectivity index (χ0) is 11.4. The van der Waals surface area contributed by atoms with Gasteiger partial charge in [-0.25, -0.2) is 0 Å². The van der Waals surface area contributed by atoms with E-state index in [1.165, 1.54) is 49.4 Å². The second-order valence-electron chi connectivity index (χ2n) is 5.60. The maximum Gasteiger partial charge on any atom is 0.156 e. The molecule has 1 heterocycles. The van der Waals surface area contributed by atoms with Crippen LogP contribution in [0, 0.1) is 5.92 Å². The molecule has 92 valence electrons. The first-order valence-corrected chi connectivity index (χ1v) is 7.64. The summed E-state index contributed by atoms with van der Waals surface area (Å²) in [6.45, 7) is 5.42. The first-order chi connectivity index (χ1) is 7.70. The van der Waals surface area contributed by atoms with Crippen LogP contribution >= 0.6 is 11.8 Å². The highest BCUT2D eigenvalue weighted by molar-refractivity contribution is 8.13. The smallest absolute Gasteiger partial charge is 0.156 e. The van der Waals surface area contributed by atoms with Crippen LogP contribution in [0.1, 0.15) is 52.4 Å². The van der Waals surface area contributed by atoms with Crippen molar-refractivity contribution < 1.29 is 0 Å². The second kappa shape index (κ2) is 5.44. The Morgan fingerprint density at radius 2 is 2.00 bits per heavy atom. The number of nitrogens with zero attached hydrogens (tertiary/aromatic N) is 1. The van der Waals surface area contributed by atoms with Crippen molar-refractivity contribution in [3.05, 3.63) is 0 Å². The Morgan fingerprint density at radius 1 is 1.25 bits per heavy atom. The van der Waals surface area contributed by atoms with Gasteiger partial charge in [0.1, 0.15) is 0 Å². The van der Waals surface area contributed by atoms with Gasteiger partial charge in [-0.2, -0.15) is 0 Å². The molecule has 1 saturated heterocycles. The van der Waals surface area contributed by atoms with Crippen molar-refractivity contribution in [2.75, 3.05) is 12.3 Å². The van der Waals surface area contributed by atoms with Crippen LogP contribution < -0.4 is 5.32 Å². The topological polar surface area (TPSA) is 24.4 Å². The Bertz CT molecular complexity index is 249. The molecule has 1 N–H and O–H groups in total. The fourth-order valence-corrected chi connectivity index (χ4v) is 3.76. The zero-order valence-corrected chi connectivity index (χ0v) is 11.4. The number of aliphatic imine (C=N–C) groups is 1. The van der Waals surface area contributed by atoms with Crippen LogP contribution in [0.5, 0.6) is 0 Å². The summed E-state index contributed by atoms with van der Waals surface area (Å²) < 4.78 is 0. The second-order valence-corrected chi connectivity index (χ2v) is 6.69. The van der Waals surface area contributed by atoms with E-state index in [1.54, 1.807) is 0 Å². The molecule has 0 atom stereocenters. The van der Waals surface area contributed by atoms with Crippen LogP contribution in [0.25, 0.3) is 0 Å². The lowest BCUT2D eigenvalue weighted by molar-refractivity contribution is 0.257. The standard InChI is InChI=1S/C13H24N2S/c1-11(2)10-14-12-15-13(8-9-16-12)6-4-3-5-7-13/h11H,3-10H2,1-2H3,(H,14,15). The largest absolute Gasteiger partial charge is 0.359 e. The lowest BCUT2D eigenvalue weighted by Crippen LogP contribution is -2.52. The van der Waals surface area contributed by atoms with Gasteiger partial charge in [-0.3, -0.25) is 4.99 Å². The fourth-order valence-electron chi connectivity index (χ4n) is 2.62. The van der Waals surface area contributed by atoms with E-state index in [0.717, 1.165) is 6.54 Å². The Morgan fingerprint density at radius 3 is 2.69 bits per heavy atom. The normalized spacial score (nSPS) is 27.3. The number of amidine groups is 1. The molecule has 2 aliphatic rings. The van der Waals surface area contributed by atoms with E-state index in [-0.39, 0.29) is 0 Å². The van der Waals surface area contributed by atoms with E-state index >= 15 is 0 Å². The molecule has 0 unspecified atom stereocenters. The molecule has 2 rings (SSSR count). The molecular formula is C13H24N2S. The number of thioether (sulfide) groups is 1. The summed E-state index contributed by atoms with van der Waals surface area (Å²) in [6.07, 6.45) is 8.26. The molecule has 0 aromatic heterocycles. The van der Waals surface area contributed by atoms with Gasteiger partial charge < -0.3 is 5.32 Å². The SMILES string of the molecule is CC(C)CN=C1NC2(CCCCC2)CCS1. The first-order valence-electron chi connectivity index (χ1n) is 6.66. The number of hydrogen-bond acceptors (Lipinski definition) is 2. The third-order valence-corrected chi connectivity index (χ3v) is 4.52.